The Hall–Kier alpha value is -4.39. The molecule has 0 aliphatic carbocycles. The smallest absolute Gasteiger partial charge is 0.294 e. The molecule has 4 aromatic rings. The van der Waals surface area contributed by atoms with Gasteiger partial charge in [0, 0.05) is 36.5 Å². The van der Waals surface area contributed by atoms with E-state index in [4.69, 9.17) is 16.3 Å². The van der Waals surface area contributed by atoms with Crippen molar-refractivity contribution in [2.45, 2.75) is 115 Å². The molecule has 4 N–H and O–H groups in total. The van der Waals surface area contributed by atoms with Gasteiger partial charge in [-0.25, -0.2) is 0 Å². The van der Waals surface area contributed by atoms with Crippen LogP contribution in [0.3, 0.4) is 0 Å². The number of phenols is 2. The van der Waals surface area contributed by atoms with E-state index >= 15 is 0 Å². The molecule has 304 valence electrons. The van der Waals surface area contributed by atoms with Crippen LogP contribution in [0.5, 0.6) is 17.2 Å². The number of halogens is 1. The summed E-state index contributed by atoms with van der Waals surface area (Å²) in [6.07, 6.45) is 20.3. The highest BCUT2D eigenvalue weighted by Crippen LogP contribution is 2.41. The number of anilines is 2. The molecule has 0 saturated heterocycles. The van der Waals surface area contributed by atoms with Gasteiger partial charge in [-0.1, -0.05) is 139 Å². The first-order valence-corrected chi connectivity index (χ1v) is 21.6. The van der Waals surface area contributed by atoms with Crippen LogP contribution in [0.2, 0.25) is 5.02 Å². The molecule has 0 unspecified atom stereocenters. The summed E-state index contributed by atoms with van der Waals surface area (Å²) < 4.78 is 39.2. The summed E-state index contributed by atoms with van der Waals surface area (Å²) in [5.74, 6) is -1.07. The molecule has 0 fully saturated rings. The maximum Gasteiger partial charge on any atom is 0.294 e. The van der Waals surface area contributed by atoms with Crippen LogP contribution in [0.25, 0.3) is 10.8 Å². The minimum Gasteiger partial charge on any atom is -0.506 e. The van der Waals surface area contributed by atoms with Gasteiger partial charge in [-0.05, 0) is 30.7 Å². The van der Waals surface area contributed by atoms with E-state index < -0.39 is 16.0 Å². The molecule has 56 heavy (non-hydrogen) atoms. The second kappa shape index (κ2) is 22.4. The number of aromatic hydroxyl groups is 2. The molecule has 0 saturated carbocycles. The molecule has 13 heteroatoms. The van der Waals surface area contributed by atoms with E-state index in [1.54, 1.807) is 30.3 Å². The molecule has 0 heterocycles. The second-order valence-electron chi connectivity index (χ2n) is 14.3. The lowest BCUT2D eigenvalue weighted by atomic mass is 10.0. The molecule has 0 atom stereocenters. The lowest BCUT2D eigenvalue weighted by Gasteiger charge is -2.23. The van der Waals surface area contributed by atoms with E-state index in [-0.39, 0.29) is 49.8 Å². The summed E-state index contributed by atoms with van der Waals surface area (Å²) in [6.45, 7) is 2.91. The van der Waals surface area contributed by atoms with Crippen molar-refractivity contribution in [3.63, 3.8) is 0 Å². The number of amides is 1. The summed E-state index contributed by atoms with van der Waals surface area (Å²) in [5, 5.41) is 33.6. The Morgan fingerprint density at radius 3 is 1.89 bits per heavy atom. The van der Waals surface area contributed by atoms with Crippen LogP contribution in [0, 0.1) is 0 Å². The molecule has 0 aromatic heterocycles. The van der Waals surface area contributed by atoms with Gasteiger partial charge in [0.05, 0.1) is 39.7 Å². The lowest BCUT2D eigenvalue weighted by molar-refractivity contribution is 0.102. The maximum absolute atomic E-state index is 13.9. The minimum atomic E-state index is -4.58. The molecule has 0 spiro atoms. The fourth-order valence-corrected chi connectivity index (χ4v) is 7.49. The highest BCUT2D eigenvalue weighted by molar-refractivity contribution is 7.85. The summed E-state index contributed by atoms with van der Waals surface area (Å²) in [6, 6.07) is 14.9. The van der Waals surface area contributed by atoms with Crippen molar-refractivity contribution in [3.05, 3.63) is 71.2 Å². The van der Waals surface area contributed by atoms with E-state index in [2.05, 4.69) is 22.5 Å². The highest BCUT2D eigenvalue weighted by Gasteiger charge is 2.21. The van der Waals surface area contributed by atoms with Gasteiger partial charge < -0.3 is 25.2 Å². The van der Waals surface area contributed by atoms with Crippen LogP contribution in [-0.2, 0) is 10.1 Å². The van der Waals surface area contributed by atoms with Crippen LogP contribution in [0.4, 0.5) is 22.7 Å². The third kappa shape index (κ3) is 13.1. The minimum absolute atomic E-state index is 0.114. The second-order valence-corrected chi connectivity index (χ2v) is 16.2. The van der Waals surface area contributed by atoms with Crippen LogP contribution in [-0.4, -0.2) is 49.8 Å². The Bertz CT molecular complexity index is 2040. The van der Waals surface area contributed by atoms with Crippen LogP contribution in [0.1, 0.15) is 120 Å². The van der Waals surface area contributed by atoms with Gasteiger partial charge in [-0.15, -0.1) is 10.2 Å². The number of rotatable bonds is 24. The van der Waals surface area contributed by atoms with E-state index in [0.717, 1.165) is 19.3 Å². The molecule has 11 nitrogen and oxygen atoms in total. The number of unbranched alkanes of at least 4 members (excludes halogenated alkanes) is 15. The summed E-state index contributed by atoms with van der Waals surface area (Å²) in [5.41, 5.74) is 0.976. The molecular formula is C43H57ClN4O7S. The average molecular weight is 809 g/mol. The number of carbonyl (C=O) groups is 1. The Morgan fingerprint density at radius 2 is 1.32 bits per heavy atom. The zero-order valence-electron chi connectivity index (χ0n) is 32.9. The maximum atomic E-state index is 13.9. The lowest BCUT2D eigenvalue weighted by Crippen LogP contribution is -2.22. The zero-order valence-corrected chi connectivity index (χ0v) is 34.5. The number of methoxy groups -OCH3 is 1. The number of hydrogen-bond acceptors (Lipinski definition) is 9. The number of fused-ring (bicyclic) bond motifs is 1. The SMILES string of the molecule is CCCCCCCCCCCCCCCCCCN(C)c1ccc(S(=O)(=O)O)cc1NC(=O)c1cc(N=Nc2cc(OC)c(O)cc2Cl)c2ccccc2c1O. The first-order chi connectivity index (χ1) is 26.9. The Balaban J connectivity index is 1.39. The number of phenolic OH excluding ortho intramolecular Hbond substituents is 2. The standard InChI is InChI=1S/C43H57ClN4O7S/c1-4-5-6-7-8-9-10-11-12-13-14-15-16-17-18-21-26-48(2)39-25-24-31(56(52,53)54)27-38(39)45-43(51)34-28-36(32-22-19-20-23-33(32)42(34)50)46-47-37-30-41(55-3)40(49)29-35(37)44/h19-20,22-25,27-30,49-50H,4-18,21,26H2,1-3H3,(H,45,51)(H,52,53,54). The number of nitrogens with one attached hydrogen (secondary N) is 1. The quantitative estimate of drug-likeness (QED) is 0.0309. The van der Waals surface area contributed by atoms with E-state index in [1.807, 2.05) is 11.9 Å². The van der Waals surface area contributed by atoms with Gasteiger partial charge in [0.1, 0.15) is 11.4 Å². The summed E-state index contributed by atoms with van der Waals surface area (Å²) in [4.78, 5) is 15.4. The number of hydrogen-bond donors (Lipinski definition) is 4. The third-order valence-electron chi connectivity index (χ3n) is 10.0. The van der Waals surface area contributed by atoms with Gasteiger partial charge in [0.2, 0.25) is 0 Å². The van der Waals surface area contributed by atoms with Gasteiger partial charge in [0.25, 0.3) is 16.0 Å². The largest absolute Gasteiger partial charge is 0.506 e. The normalized spacial score (nSPS) is 11.7. The van der Waals surface area contributed by atoms with Crippen LogP contribution >= 0.6 is 11.6 Å². The van der Waals surface area contributed by atoms with Crippen molar-refractivity contribution in [1.29, 1.82) is 0 Å². The topological polar surface area (TPSA) is 161 Å². The van der Waals surface area contributed by atoms with Crippen LogP contribution < -0.4 is 15.0 Å². The van der Waals surface area contributed by atoms with Gasteiger partial charge in [-0.2, -0.15) is 8.42 Å². The van der Waals surface area contributed by atoms with E-state index in [9.17, 15) is 28.0 Å². The average Bonchev–Trinajstić information content (AvgIpc) is 3.17. The fraction of sp³-hybridized carbons (Fsp3) is 0.465. The molecule has 4 rings (SSSR count). The Kier molecular flexibility index (Phi) is 17.7. The Labute approximate surface area is 336 Å². The molecule has 0 aliphatic heterocycles. The predicted octanol–water partition coefficient (Wildman–Crippen LogP) is 12.5. The van der Waals surface area contributed by atoms with Gasteiger partial charge in [0.15, 0.2) is 11.5 Å². The molecule has 4 aromatic carbocycles. The van der Waals surface area contributed by atoms with Crippen LogP contribution in [0.15, 0.2) is 75.8 Å². The summed E-state index contributed by atoms with van der Waals surface area (Å²) >= 11 is 6.29. The van der Waals surface area contributed by atoms with Crippen molar-refractivity contribution in [2.24, 2.45) is 10.2 Å². The molecular weight excluding hydrogens is 752 g/mol. The first-order valence-electron chi connectivity index (χ1n) is 19.8. The van der Waals surface area contributed by atoms with Gasteiger partial charge >= 0.3 is 0 Å². The number of azo groups is 1. The molecule has 0 aliphatic rings. The first kappa shape index (κ1) is 44.3. The van der Waals surface area contributed by atoms with Crippen molar-refractivity contribution in [3.8, 4) is 17.2 Å². The predicted molar refractivity (Wildman–Crippen MR) is 226 cm³/mol. The number of ether oxygens (including phenoxy) is 1. The van der Waals surface area contributed by atoms with Crippen molar-refractivity contribution in [1.82, 2.24) is 0 Å². The Morgan fingerprint density at radius 1 is 0.768 bits per heavy atom. The molecule has 0 bridgehead atoms. The molecule has 1 amide bonds. The number of benzene rings is 4. The van der Waals surface area contributed by atoms with E-state index in [1.165, 1.54) is 121 Å². The number of carbonyl (C=O) groups excluding carboxylic acids is 1. The molecule has 0 radical (unpaired) electrons. The summed E-state index contributed by atoms with van der Waals surface area (Å²) in [7, 11) is -1.34. The van der Waals surface area contributed by atoms with Crippen molar-refractivity contribution in [2.75, 3.05) is 30.9 Å². The zero-order chi connectivity index (χ0) is 40.5. The van der Waals surface area contributed by atoms with Crippen molar-refractivity contribution >= 4 is 61.1 Å². The number of nitrogens with zero attached hydrogens (tertiary/aromatic N) is 3. The van der Waals surface area contributed by atoms with Gasteiger partial charge in [-0.3, -0.25) is 9.35 Å². The van der Waals surface area contributed by atoms with Crippen molar-refractivity contribution < 1.29 is 32.7 Å². The third-order valence-corrected chi connectivity index (χ3v) is 11.2. The highest BCUT2D eigenvalue weighted by atomic mass is 35.5. The monoisotopic (exact) mass is 808 g/mol. The fourth-order valence-electron chi connectivity index (χ4n) is 6.79. The van der Waals surface area contributed by atoms with E-state index in [0.29, 0.717) is 23.0 Å².